The van der Waals surface area contributed by atoms with E-state index >= 15 is 0 Å². The van der Waals surface area contributed by atoms with Gasteiger partial charge < -0.3 is 43.0 Å². The van der Waals surface area contributed by atoms with Crippen LogP contribution in [0.1, 0.15) is 39.5 Å². The lowest BCUT2D eigenvalue weighted by atomic mass is 10.4. The maximum atomic E-state index is 9.80. The molecule has 0 amide bonds. The Morgan fingerprint density at radius 2 is 0.656 bits per heavy atom. The van der Waals surface area contributed by atoms with Gasteiger partial charge in [-0.25, -0.2) is 0 Å². The second kappa shape index (κ2) is 28.7. The molecule has 1 unspecified atom stereocenters. The van der Waals surface area contributed by atoms with Crippen molar-refractivity contribution in [3.05, 3.63) is 0 Å². The predicted molar refractivity (Wildman–Crippen MR) is 122 cm³/mol. The maximum Gasteiger partial charge on any atom is 0.101 e. The first kappa shape index (κ1) is 31.6. The van der Waals surface area contributed by atoms with E-state index in [0.717, 1.165) is 38.9 Å². The molecule has 0 aromatic heterocycles. The van der Waals surface area contributed by atoms with E-state index in [4.69, 9.17) is 37.9 Å². The van der Waals surface area contributed by atoms with Crippen molar-refractivity contribution in [2.75, 3.05) is 106 Å². The van der Waals surface area contributed by atoms with Crippen LogP contribution < -0.4 is 0 Å². The van der Waals surface area contributed by atoms with E-state index in [1.165, 1.54) is 0 Å². The van der Waals surface area contributed by atoms with Gasteiger partial charge in [-0.05, 0) is 12.8 Å². The number of aliphatic hydroxyl groups is 1. The average molecular weight is 469 g/mol. The molecular weight excluding hydrogens is 420 g/mol. The van der Waals surface area contributed by atoms with Gasteiger partial charge in [0.15, 0.2) is 0 Å². The highest BCUT2D eigenvalue weighted by molar-refractivity contribution is 4.51. The van der Waals surface area contributed by atoms with E-state index in [1.54, 1.807) is 0 Å². The Hall–Kier alpha value is -0.360. The summed E-state index contributed by atoms with van der Waals surface area (Å²) in [5.74, 6) is 0. The molecule has 0 saturated carbocycles. The van der Waals surface area contributed by atoms with E-state index in [-0.39, 0.29) is 13.2 Å². The molecule has 1 N–H and O–H groups in total. The maximum absolute atomic E-state index is 9.80. The highest BCUT2D eigenvalue weighted by atomic mass is 16.6. The highest BCUT2D eigenvalue weighted by Crippen LogP contribution is 1.91. The first-order valence-corrected chi connectivity index (χ1v) is 12.1. The standard InChI is InChI=1S/C23H48O9/c1-3-5-7-25-9-11-27-13-14-28-15-16-30-18-20-32-22-23(24)21-31-19-17-29-12-10-26-8-6-4-2/h23-24H,3-22H2,1-2H3. The Balaban J connectivity index is 3.12. The Morgan fingerprint density at radius 1 is 0.406 bits per heavy atom. The number of unbranched alkanes of at least 4 members (excludes halogenated alkanes) is 2. The third kappa shape index (κ3) is 27.7. The Bertz CT molecular complexity index is 335. The number of hydrogen-bond donors (Lipinski definition) is 1. The van der Waals surface area contributed by atoms with Crippen LogP contribution in [0.25, 0.3) is 0 Å². The van der Waals surface area contributed by atoms with Crippen LogP contribution in [0, 0.1) is 0 Å². The van der Waals surface area contributed by atoms with Gasteiger partial charge in [0.05, 0.1) is 92.5 Å². The Labute approximate surface area is 194 Å². The van der Waals surface area contributed by atoms with Crippen molar-refractivity contribution in [2.24, 2.45) is 0 Å². The van der Waals surface area contributed by atoms with Gasteiger partial charge in [0, 0.05) is 13.2 Å². The van der Waals surface area contributed by atoms with Crippen molar-refractivity contribution < 1.29 is 43.0 Å². The Kier molecular flexibility index (Phi) is 28.4. The fourth-order valence-electron chi connectivity index (χ4n) is 2.30. The van der Waals surface area contributed by atoms with Crippen LogP contribution in [0.15, 0.2) is 0 Å². The summed E-state index contributed by atoms with van der Waals surface area (Å²) in [5.41, 5.74) is 0. The normalized spacial score (nSPS) is 12.5. The summed E-state index contributed by atoms with van der Waals surface area (Å²) in [4.78, 5) is 0. The molecule has 32 heavy (non-hydrogen) atoms. The zero-order chi connectivity index (χ0) is 23.4. The molecule has 0 aliphatic carbocycles. The topological polar surface area (TPSA) is 94.1 Å². The van der Waals surface area contributed by atoms with Crippen molar-refractivity contribution in [3.63, 3.8) is 0 Å². The second-order valence-corrected chi connectivity index (χ2v) is 7.18. The van der Waals surface area contributed by atoms with Gasteiger partial charge in [-0.15, -0.1) is 0 Å². The molecule has 0 heterocycles. The summed E-state index contributed by atoms with van der Waals surface area (Å²) < 4.78 is 43.2. The summed E-state index contributed by atoms with van der Waals surface area (Å²) in [6.07, 6.45) is 3.79. The van der Waals surface area contributed by atoms with Crippen LogP contribution in [0.3, 0.4) is 0 Å². The largest absolute Gasteiger partial charge is 0.388 e. The second-order valence-electron chi connectivity index (χ2n) is 7.18. The minimum atomic E-state index is -0.659. The van der Waals surface area contributed by atoms with Crippen LogP contribution >= 0.6 is 0 Å². The van der Waals surface area contributed by atoms with Crippen molar-refractivity contribution in [1.82, 2.24) is 0 Å². The first-order chi connectivity index (χ1) is 15.8. The number of hydrogen-bond acceptors (Lipinski definition) is 9. The molecule has 194 valence electrons. The molecular formula is C23H48O9. The van der Waals surface area contributed by atoms with Crippen LogP contribution in [0.5, 0.6) is 0 Å². The molecule has 0 radical (unpaired) electrons. The van der Waals surface area contributed by atoms with Crippen LogP contribution in [0.4, 0.5) is 0 Å². The Morgan fingerprint density at radius 3 is 0.938 bits per heavy atom. The highest BCUT2D eigenvalue weighted by Gasteiger charge is 2.04. The van der Waals surface area contributed by atoms with E-state index < -0.39 is 6.10 Å². The molecule has 0 aromatic rings. The molecule has 1 atom stereocenters. The summed E-state index contributed by atoms with van der Waals surface area (Å²) in [5, 5.41) is 9.80. The zero-order valence-corrected chi connectivity index (χ0v) is 20.4. The fraction of sp³-hybridized carbons (Fsp3) is 1.00. The van der Waals surface area contributed by atoms with E-state index in [0.29, 0.717) is 79.3 Å². The zero-order valence-electron chi connectivity index (χ0n) is 20.4. The SMILES string of the molecule is CCCCOCCOCCOCCOCCOCC(O)COCCOCCOCCCC. The van der Waals surface area contributed by atoms with Crippen molar-refractivity contribution >= 4 is 0 Å². The minimum absolute atomic E-state index is 0.214. The molecule has 0 rings (SSSR count). The molecule has 0 spiro atoms. The lowest BCUT2D eigenvalue weighted by Crippen LogP contribution is -2.24. The van der Waals surface area contributed by atoms with E-state index in [1.807, 2.05) is 0 Å². The molecule has 0 aromatic carbocycles. The smallest absolute Gasteiger partial charge is 0.101 e. The van der Waals surface area contributed by atoms with Gasteiger partial charge in [0.25, 0.3) is 0 Å². The molecule has 0 aliphatic rings. The predicted octanol–water partition coefficient (Wildman–Crippen LogP) is 2.08. The van der Waals surface area contributed by atoms with Gasteiger partial charge in [0.2, 0.25) is 0 Å². The summed E-state index contributed by atoms with van der Waals surface area (Å²) in [6, 6.07) is 0. The van der Waals surface area contributed by atoms with Gasteiger partial charge >= 0.3 is 0 Å². The molecule has 0 saturated heterocycles. The fourth-order valence-corrected chi connectivity index (χ4v) is 2.30. The van der Waals surface area contributed by atoms with Crippen LogP contribution in [0.2, 0.25) is 0 Å². The van der Waals surface area contributed by atoms with E-state index in [2.05, 4.69) is 13.8 Å². The van der Waals surface area contributed by atoms with Crippen LogP contribution in [-0.2, 0) is 37.9 Å². The lowest BCUT2D eigenvalue weighted by Gasteiger charge is -2.12. The van der Waals surface area contributed by atoms with Crippen LogP contribution in [-0.4, -0.2) is 117 Å². The number of rotatable bonds is 28. The number of aliphatic hydroxyl groups excluding tert-OH is 1. The van der Waals surface area contributed by atoms with Crippen molar-refractivity contribution in [2.45, 2.75) is 45.6 Å². The molecule has 9 nitrogen and oxygen atoms in total. The van der Waals surface area contributed by atoms with Gasteiger partial charge in [0.1, 0.15) is 6.10 Å². The molecule has 0 fully saturated rings. The van der Waals surface area contributed by atoms with Gasteiger partial charge in [-0.3, -0.25) is 0 Å². The first-order valence-electron chi connectivity index (χ1n) is 12.1. The lowest BCUT2D eigenvalue weighted by molar-refractivity contribution is -0.0483. The van der Waals surface area contributed by atoms with Crippen molar-refractivity contribution in [1.29, 1.82) is 0 Å². The summed E-state index contributed by atoms with van der Waals surface area (Å²) in [7, 11) is 0. The number of ether oxygens (including phenoxy) is 8. The monoisotopic (exact) mass is 468 g/mol. The van der Waals surface area contributed by atoms with Gasteiger partial charge in [-0.2, -0.15) is 0 Å². The summed E-state index contributed by atoms with van der Waals surface area (Å²) in [6.45, 7) is 12.6. The summed E-state index contributed by atoms with van der Waals surface area (Å²) >= 11 is 0. The quantitative estimate of drug-likeness (QED) is 0.173. The molecule has 0 bridgehead atoms. The third-order valence-electron chi connectivity index (χ3n) is 4.14. The van der Waals surface area contributed by atoms with Gasteiger partial charge in [-0.1, -0.05) is 26.7 Å². The van der Waals surface area contributed by atoms with E-state index in [9.17, 15) is 5.11 Å². The molecule has 0 aliphatic heterocycles. The third-order valence-corrected chi connectivity index (χ3v) is 4.14. The molecule has 9 heteroatoms. The van der Waals surface area contributed by atoms with Crippen molar-refractivity contribution in [3.8, 4) is 0 Å². The average Bonchev–Trinajstić information content (AvgIpc) is 2.80. The minimum Gasteiger partial charge on any atom is -0.388 e.